The number of piperazine rings is 1. The van der Waals surface area contributed by atoms with Crippen molar-refractivity contribution in [2.45, 2.75) is 25.3 Å². The van der Waals surface area contributed by atoms with Crippen LogP contribution in [0.1, 0.15) is 30.9 Å². The summed E-state index contributed by atoms with van der Waals surface area (Å²) in [5.41, 5.74) is 0.478. The number of hydrogen-bond donors (Lipinski definition) is 2. The Labute approximate surface area is 127 Å². The maximum atomic E-state index is 14.3. The highest BCUT2D eigenvalue weighted by Crippen LogP contribution is 2.46. The number of hydrogen-bond acceptors (Lipinski definition) is 3. The number of phenolic OH excluding ortho intramolecular Hbond substituents is 1. The molecule has 0 spiro atoms. The molecular formula is C15H20BrFN2O. The molecule has 3 rings (SSSR count). The van der Waals surface area contributed by atoms with Crippen LogP contribution in [0.15, 0.2) is 16.6 Å². The molecule has 110 valence electrons. The third-order valence-electron chi connectivity index (χ3n) is 4.55. The summed E-state index contributed by atoms with van der Waals surface area (Å²) in [7, 11) is 0. The largest absolute Gasteiger partial charge is 0.506 e. The Bertz CT molecular complexity index is 487. The number of nitrogens with zero attached hydrogens (tertiary/aromatic N) is 1. The maximum absolute atomic E-state index is 14.3. The van der Waals surface area contributed by atoms with Crippen LogP contribution in [0.4, 0.5) is 4.39 Å². The minimum Gasteiger partial charge on any atom is -0.506 e. The van der Waals surface area contributed by atoms with Gasteiger partial charge in [-0.1, -0.05) is 6.42 Å². The first-order valence-corrected chi connectivity index (χ1v) is 8.09. The second-order valence-electron chi connectivity index (χ2n) is 5.71. The van der Waals surface area contributed by atoms with Gasteiger partial charge in [0.2, 0.25) is 0 Å². The van der Waals surface area contributed by atoms with E-state index in [0.29, 0.717) is 16.0 Å². The zero-order valence-corrected chi connectivity index (χ0v) is 13.0. The first-order chi connectivity index (χ1) is 9.68. The van der Waals surface area contributed by atoms with Gasteiger partial charge in [0.05, 0.1) is 4.47 Å². The molecule has 0 bridgehead atoms. The number of phenols is 1. The predicted octanol–water partition coefficient (Wildman–Crippen LogP) is 3.04. The normalized spacial score (nSPS) is 22.5. The second kappa shape index (κ2) is 6.00. The van der Waals surface area contributed by atoms with Crippen LogP contribution in [0.5, 0.6) is 5.75 Å². The van der Waals surface area contributed by atoms with Crippen molar-refractivity contribution in [3.63, 3.8) is 0 Å². The molecule has 0 unspecified atom stereocenters. The zero-order valence-electron chi connectivity index (χ0n) is 11.4. The number of rotatable bonds is 3. The van der Waals surface area contributed by atoms with E-state index in [2.05, 4.69) is 26.1 Å². The molecule has 0 aromatic heterocycles. The van der Waals surface area contributed by atoms with E-state index < -0.39 is 0 Å². The zero-order chi connectivity index (χ0) is 14.1. The van der Waals surface area contributed by atoms with E-state index in [9.17, 15) is 9.50 Å². The van der Waals surface area contributed by atoms with Crippen LogP contribution >= 0.6 is 15.9 Å². The van der Waals surface area contributed by atoms with Crippen LogP contribution in [0.3, 0.4) is 0 Å². The first-order valence-electron chi connectivity index (χ1n) is 7.30. The van der Waals surface area contributed by atoms with Gasteiger partial charge in [0.1, 0.15) is 11.6 Å². The quantitative estimate of drug-likeness (QED) is 0.886. The highest BCUT2D eigenvalue weighted by atomic mass is 79.9. The van der Waals surface area contributed by atoms with Crippen LogP contribution < -0.4 is 5.32 Å². The van der Waals surface area contributed by atoms with E-state index in [0.717, 1.165) is 39.0 Å². The molecule has 1 atom stereocenters. The third kappa shape index (κ3) is 2.59. The Balaban J connectivity index is 1.98. The molecule has 2 aliphatic rings. The van der Waals surface area contributed by atoms with Crippen molar-refractivity contribution in [1.82, 2.24) is 10.2 Å². The summed E-state index contributed by atoms with van der Waals surface area (Å²) >= 11 is 3.31. The molecule has 0 radical (unpaired) electrons. The molecule has 20 heavy (non-hydrogen) atoms. The van der Waals surface area contributed by atoms with Gasteiger partial charge in [-0.15, -0.1) is 0 Å². The Kier molecular flexibility index (Phi) is 4.29. The first kappa shape index (κ1) is 14.3. The highest BCUT2D eigenvalue weighted by molar-refractivity contribution is 9.10. The van der Waals surface area contributed by atoms with Crippen molar-refractivity contribution in [2.24, 2.45) is 5.92 Å². The molecule has 1 aliphatic carbocycles. The standard InChI is InChI=1S/C15H20BrFN2O/c16-11-4-5-12(17)13(15(11)20)14(10-2-1-3-10)19-8-6-18-7-9-19/h4-5,10,14,18,20H,1-3,6-9H2/t14-/m0/s1. The molecule has 1 saturated heterocycles. The summed E-state index contributed by atoms with van der Waals surface area (Å²) in [6, 6.07) is 3.03. The van der Waals surface area contributed by atoms with Gasteiger partial charge in [0, 0.05) is 37.8 Å². The molecule has 2 fully saturated rings. The van der Waals surface area contributed by atoms with E-state index in [-0.39, 0.29) is 17.6 Å². The van der Waals surface area contributed by atoms with Crippen LogP contribution in [0.25, 0.3) is 0 Å². The molecule has 1 aliphatic heterocycles. The van der Waals surface area contributed by atoms with Crippen molar-refractivity contribution in [2.75, 3.05) is 26.2 Å². The van der Waals surface area contributed by atoms with Gasteiger partial charge in [0.25, 0.3) is 0 Å². The van der Waals surface area contributed by atoms with E-state index in [4.69, 9.17) is 0 Å². The van der Waals surface area contributed by atoms with Gasteiger partial charge in [-0.05, 0) is 46.8 Å². The van der Waals surface area contributed by atoms with Crippen molar-refractivity contribution in [3.05, 3.63) is 28.0 Å². The Morgan fingerprint density at radius 1 is 1.30 bits per heavy atom. The van der Waals surface area contributed by atoms with Gasteiger partial charge < -0.3 is 10.4 Å². The summed E-state index contributed by atoms with van der Waals surface area (Å²) in [5.74, 6) is 0.240. The lowest BCUT2D eigenvalue weighted by atomic mass is 9.76. The summed E-state index contributed by atoms with van der Waals surface area (Å²) < 4.78 is 14.9. The van der Waals surface area contributed by atoms with Gasteiger partial charge in [-0.25, -0.2) is 4.39 Å². The average molecular weight is 343 g/mol. The van der Waals surface area contributed by atoms with Crippen LogP contribution in [0.2, 0.25) is 0 Å². The Morgan fingerprint density at radius 3 is 2.60 bits per heavy atom. The summed E-state index contributed by atoms with van der Waals surface area (Å²) in [6.45, 7) is 3.68. The lowest BCUT2D eigenvalue weighted by molar-refractivity contribution is 0.0792. The van der Waals surface area contributed by atoms with E-state index in [1.165, 1.54) is 12.5 Å². The molecule has 1 heterocycles. The molecule has 1 aromatic carbocycles. The van der Waals surface area contributed by atoms with Crippen molar-refractivity contribution < 1.29 is 9.50 Å². The fourth-order valence-corrected chi connectivity index (χ4v) is 3.62. The average Bonchev–Trinajstić information content (AvgIpc) is 2.41. The molecule has 1 aromatic rings. The minimum atomic E-state index is -0.291. The van der Waals surface area contributed by atoms with Crippen LogP contribution in [-0.4, -0.2) is 36.2 Å². The van der Waals surface area contributed by atoms with E-state index in [1.54, 1.807) is 6.07 Å². The predicted molar refractivity (Wildman–Crippen MR) is 80.3 cm³/mol. The molecule has 0 amide bonds. The van der Waals surface area contributed by atoms with Crippen molar-refractivity contribution >= 4 is 15.9 Å². The fraction of sp³-hybridized carbons (Fsp3) is 0.600. The second-order valence-corrected chi connectivity index (χ2v) is 6.57. The summed E-state index contributed by atoms with van der Waals surface area (Å²) in [5, 5.41) is 13.6. The Morgan fingerprint density at radius 2 is 2.00 bits per heavy atom. The Hall–Kier alpha value is -0.650. The molecular weight excluding hydrogens is 323 g/mol. The summed E-state index contributed by atoms with van der Waals surface area (Å²) in [6.07, 6.45) is 3.46. The van der Waals surface area contributed by atoms with Crippen molar-refractivity contribution in [1.29, 1.82) is 0 Å². The van der Waals surface area contributed by atoms with Gasteiger partial charge in [0.15, 0.2) is 0 Å². The van der Waals surface area contributed by atoms with Crippen LogP contribution in [0, 0.1) is 11.7 Å². The van der Waals surface area contributed by atoms with Crippen LogP contribution in [-0.2, 0) is 0 Å². The summed E-state index contributed by atoms with van der Waals surface area (Å²) in [4.78, 5) is 2.32. The lowest BCUT2D eigenvalue weighted by Crippen LogP contribution is -2.48. The van der Waals surface area contributed by atoms with E-state index in [1.807, 2.05) is 0 Å². The maximum Gasteiger partial charge on any atom is 0.137 e. The van der Waals surface area contributed by atoms with Gasteiger partial charge >= 0.3 is 0 Å². The van der Waals surface area contributed by atoms with E-state index >= 15 is 0 Å². The molecule has 3 nitrogen and oxygen atoms in total. The number of benzene rings is 1. The van der Waals surface area contributed by atoms with Gasteiger partial charge in [-0.3, -0.25) is 4.90 Å². The lowest BCUT2D eigenvalue weighted by Gasteiger charge is -2.43. The SMILES string of the molecule is Oc1c(Br)ccc(F)c1[C@H](C1CCC1)N1CCNCC1. The number of aromatic hydroxyl groups is 1. The topological polar surface area (TPSA) is 35.5 Å². The third-order valence-corrected chi connectivity index (χ3v) is 5.19. The number of nitrogens with one attached hydrogen (secondary N) is 1. The fourth-order valence-electron chi connectivity index (χ4n) is 3.27. The molecule has 1 saturated carbocycles. The molecule has 5 heteroatoms. The molecule has 2 N–H and O–H groups in total. The monoisotopic (exact) mass is 342 g/mol. The smallest absolute Gasteiger partial charge is 0.137 e. The highest BCUT2D eigenvalue weighted by Gasteiger charge is 2.37. The van der Waals surface area contributed by atoms with Crippen molar-refractivity contribution in [3.8, 4) is 5.75 Å². The minimum absolute atomic E-state index is 0.00310. The number of halogens is 2. The van der Waals surface area contributed by atoms with Gasteiger partial charge in [-0.2, -0.15) is 0 Å².